The molecular formula is C26H21FN4O2S. The molecule has 2 aliphatic rings. The van der Waals surface area contributed by atoms with E-state index in [2.05, 4.69) is 15.3 Å². The molecule has 34 heavy (non-hydrogen) atoms. The van der Waals surface area contributed by atoms with Gasteiger partial charge in [-0.15, -0.1) is 0 Å². The van der Waals surface area contributed by atoms with Gasteiger partial charge in [0.2, 0.25) is 5.91 Å². The van der Waals surface area contributed by atoms with Gasteiger partial charge in [-0.2, -0.15) is 0 Å². The fraction of sp³-hybridized carbons (Fsp3) is 0.154. The predicted octanol–water partition coefficient (Wildman–Crippen LogP) is 4.42. The molecule has 2 amide bonds. The Balaban J connectivity index is 1.34. The highest BCUT2D eigenvalue weighted by Gasteiger charge is 2.42. The van der Waals surface area contributed by atoms with Gasteiger partial charge in [0, 0.05) is 17.9 Å². The molecule has 2 heterocycles. The number of amides is 2. The summed E-state index contributed by atoms with van der Waals surface area (Å²) in [6.07, 6.45) is -0.0460. The Morgan fingerprint density at radius 1 is 1.00 bits per heavy atom. The molecule has 0 radical (unpaired) electrons. The average Bonchev–Trinajstić information content (AvgIpc) is 3.18. The maximum atomic E-state index is 13.6. The summed E-state index contributed by atoms with van der Waals surface area (Å²) in [7, 11) is 0. The zero-order chi connectivity index (χ0) is 23.5. The van der Waals surface area contributed by atoms with Gasteiger partial charge in [0.1, 0.15) is 17.7 Å². The highest BCUT2D eigenvalue weighted by molar-refractivity contribution is 8.13. The van der Waals surface area contributed by atoms with Gasteiger partial charge >= 0.3 is 0 Å². The van der Waals surface area contributed by atoms with Crippen LogP contribution in [0.5, 0.6) is 0 Å². The van der Waals surface area contributed by atoms with Crippen molar-refractivity contribution >= 4 is 40.3 Å². The van der Waals surface area contributed by atoms with Crippen molar-refractivity contribution in [1.82, 2.24) is 10.2 Å². The smallest absolute Gasteiger partial charge is 0.259 e. The maximum Gasteiger partial charge on any atom is 0.259 e. The number of carbonyl (C=O) groups is 2. The first kappa shape index (κ1) is 22.0. The molecule has 0 spiro atoms. The van der Waals surface area contributed by atoms with E-state index in [4.69, 9.17) is 0 Å². The number of halogens is 1. The monoisotopic (exact) mass is 472 g/mol. The molecule has 0 unspecified atom stereocenters. The van der Waals surface area contributed by atoms with Crippen molar-refractivity contribution < 1.29 is 14.0 Å². The van der Waals surface area contributed by atoms with Crippen LogP contribution in [0.4, 0.5) is 10.1 Å². The predicted molar refractivity (Wildman–Crippen MR) is 131 cm³/mol. The first-order valence-corrected chi connectivity index (χ1v) is 11.8. The molecule has 0 aromatic heterocycles. The van der Waals surface area contributed by atoms with Gasteiger partial charge in [0.15, 0.2) is 5.17 Å². The molecule has 2 aliphatic heterocycles. The van der Waals surface area contributed by atoms with E-state index in [1.54, 1.807) is 6.07 Å². The molecule has 8 heteroatoms. The number of carbonyl (C=O) groups excluding carboxylic acids is 2. The Labute approximate surface area is 200 Å². The molecular weight excluding hydrogens is 451 g/mol. The van der Waals surface area contributed by atoms with E-state index in [1.807, 2.05) is 60.7 Å². The third kappa shape index (κ3) is 4.63. The summed E-state index contributed by atoms with van der Waals surface area (Å²) >= 11 is 1.34. The van der Waals surface area contributed by atoms with Crippen LogP contribution < -0.4 is 5.32 Å². The number of amidine groups is 2. The van der Waals surface area contributed by atoms with Crippen LogP contribution in [0.15, 0.2) is 88.8 Å². The summed E-state index contributed by atoms with van der Waals surface area (Å²) in [6.45, 7) is 0.389. The number of rotatable bonds is 6. The Morgan fingerprint density at radius 2 is 1.76 bits per heavy atom. The van der Waals surface area contributed by atoms with Crippen LogP contribution in [0.2, 0.25) is 0 Å². The number of hydrogen-bond acceptors (Lipinski definition) is 5. The second-order valence-electron chi connectivity index (χ2n) is 7.94. The number of thioether (sulfide) groups is 1. The lowest BCUT2D eigenvalue weighted by Crippen LogP contribution is -2.42. The van der Waals surface area contributed by atoms with Crippen LogP contribution in [0.3, 0.4) is 0 Å². The minimum atomic E-state index is -0.822. The van der Waals surface area contributed by atoms with Crippen LogP contribution in [-0.2, 0) is 21.9 Å². The first-order chi connectivity index (χ1) is 16.6. The molecule has 3 aromatic carbocycles. The lowest BCUT2D eigenvalue weighted by molar-refractivity contribution is -0.128. The molecule has 1 N–H and O–H groups in total. The highest BCUT2D eigenvalue weighted by Crippen LogP contribution is 2.34. The van der Waals surface area contributed by atoms with E-state index in [0.29, 0.717) is 29.0 Å². The Morgan fingerprint density at radius 3 is 2.59 bits per heavy atom. The second-order valence-corrected chi connectivity index (χ2v) is 8.88. The number of para-hydroxylation sites is 1. The number of nitrogens with zero attached hydrogens (tertiary/aromatic N) is 3. The van der Waals surface area contributed by atoms with Crippen molar-refractivity contribution in [3.63, 3.8) is 0 Å². The third-order valence-electron chi connectivity index (χ3n) is 5.52. The molecule has 0 saturated heterocycles. The van der Waals surface area contributed by atoms with Crippen LogP contribution >= 0.6 is 11.8 Å². The average molecular weight is 473 g/mol. The molecule has 0 bridgehead atoms. The molecule has 1 atom stereocenters. The van der Waals surface area contributed by atoms with Gasteiger partial charge in [-0.3, -0.25) is 14.6 Å². The van der Waals surface area contributed by atoms with Gasteiger partial charge in [-0.05, 0) is 35.4 Å². The minimum Gasteiger partial charge on any atom is -0.352 e. The summed E-state index contributed by atoms with van der Waals surface area (Å²) in [5, 5.41) is 3.33. The Bertz CT molecular complexity index is 1310. The third-order valence-corrected chi connectivity index (χ3v) is 6.53. The molecule has 0 fully saturated rings. The van der Waals surface area contributed by atoms with Crippen molar-refractivity contribution in [1.29, 1.82) is 0 Å². The number of nitrogens with one attached hydrogen (secondary N) is 1. The summed E-state index contributed by atoms with van der Waals surface area (Å²) in [4.78, 5) is 36.7. The SMILES string of the molecule is O=C(C[C@H]1N=C2c3ccccc3N=C(SCc3cccc(F)c3)N2C1=O)NCc1ccccc1. The van der Waals surface area contributed by atoms with Gasteiger partial charge in [-0.1, -0.05) is 66.4 Å². The van der Waals surface area contributed by atoms with Crippen LogP contribution in [-0.4, -0.2) is 33.8 Å². The van der Waals surface area contributed by atoms with Crippen molar-refractivity contribution in [2.75, 3.05) is 0 Å². The van der Waals surface area contributed by atoms with Crippen molar-refractivity contribution in [3.8, 4) is 0 Å². The van der Waals surface area contributed by atoms with Gasteiger partial charge in [0.05, 0.1) is 12.1 Å². The zero-order valence-electron chi connectivity index (χ0n) is 18.1. The fourth-order valence-corrected chi connectivity index (χ4v) is 4.79. The topological polar surface area (TPSA) is 74.1 Å². The molecule has 170 valence electrons. The Hall–Kier alpha value is -3.78. The van der Waals surface area contributed by atoms with E-state index in [9.17, 15) is 14.0 Å². The van der Waals surface area contributed by atoms with Gasteiger partial charge < -0.3 is 5.32 Å². The highest BCUT2D eigenvalue weighted by atomic mass is 32.2. The minimum absolute atomic E-state index is 0.0460. The van der Waals surface area contributed by atoms with Crippen LogP contribution in [0.1, 0.15) is 23.1 Å². The van der Waals surface area contributed by atoms with E-state index in [1.165, 1.54) is 28.8 Å². The summed E-state index contributed by atoms with van der Waals surface area (Å²) in [5.74, 6) is 0.0988. The largest absolute Gasteiger partial charge is 0.352 e. The van der Waals surface area contributed by atoms with E-state index >= 15 is 0 Å². The van der Waals surface area contributed by atoms with Crippen molar-refractivity contribution in [2.45, 2.75) is 24.8 Å². The Kier molecular flexibility index (Phi) is 6.22. The molecule has 6 nitrogen and oxygen atoms in total. The number of fused-ring (bicyclic) bond motifs is 3. The molecule has 0 aliphatic carbocycles. The van der Waals surface area contributed by atoms with E-state index in [-0.39, 0.29) is 24.1 Å². The normalized spacial score (nSPS) is 16.4. The quantitative estimate of drug-likeness (QED) is 0.577. The molecule has 5 rings (SSSR count). The first-order valence-electron chi connectivity index (χ1n) is 10.9. The lowest BCUT2D eigenvalue weighted by Gasteiger charge is -2.25. The molecule has 0 saturated carbocycles. The zero-order valence-corrected chi connectivity index (χ0v) is 19.0. The fourth-order valence-electron chi connectivity index (χ4n) is 3.85. The molecule has 3 aromatic rings. The summed E-state index contributed by atoms with van der Waals surface area (Å²) < 4.78 is 13.6. The van der Waals surface area contributed by atoms with Crippen molar-refractivity contribution in [3.05, 3.63) is 101 Å². The second kappa shape index (κ2) is 9.61. The van der Waals surface area contributed by atoms with Crippen molar-refractivity contribution in [2.24, 2.45) is 9.98 Å². The van der Waals surface area contributed by atoms with Gasteiger partial charge in [0.25, 0.3) is 5.91 Å². The number of hydrogen-bond donors (Lipinski definition) is 1. The van der Waals surface area contributed by atoms with Crippen LogP contribution in [0.25, 0.3) is 0 Å². The van der Waals surface area contributed by atoms with Crippen LogP contribution in [0, 0.1) is 5.82 Å². The number of aliphatic imine (C=N–C) groups is 2. The van der Waals surface area contributed by atoms with E-state index < -0.39 is 6.04 Å². The lowest BCUT2D eigenvalue weighted by atomic mass is 10.1. The van der Waals surface area contributed by atoms with E-state index in [0.717, 1.165) is 16.7 Å². The summed E-state index contributed by atoms with van der Waals surface area (Å²) in [6, 6.07) is 22.6. The summed E-state index contributed by atoms with van der Waals surface area (Å²) in [5.41, 5.74) is 3.22. The van der Waals surface area contributed by atoms with Gasteiger partial charge in [-0.25, -0.2) is 14.3 Å². The number of benzene rings is 3. The standard InChI is InChI=1S/C26H21FN4O2S/c27-19-10-6-9-18(13-19)16-34-26-30-21-12-5-4-11-20(21)24-29-22(25(33)31(24)26)14-23(32)28-15-17-7-2-1-3-8-17/h1-13,22H,14-16H2,(H,28,32)/t22-/m1/s1. The maximum absolute atomic E-state index is 13.6.